The Hall–Kier alpha value is -4.41. The number of ether oxygens (including phenoxy) is 2. The first kappa shape index (κ1) is 31.5. The highest BCUT2D eigenvalue weighted by molar-refractivity contribution is 6.31. The number of carbonyl (C=O) groups excluding carboxylic acids is 4. The topological polar surface area (TPSA) is 126 Å². The molecule has 3 N–H and O–H groups in total. The van der Waals surface area contributed by atoms with Crippen LogP contribution in [0.2, 0.25) is 5.02 Å². The van der Waals surface area contributed by atoms with Crippen LogP contribution in [0.3, 0.4) is 0 Å². The monoisotopic (exact) mass is 606 g/mol. The van der Waals surface area contributed by atoms with E-state index in [4.69, 9.17) is 21.1 Å². The molecule has 4 rings (SSSR count). The van der Waals surface area contributed by atoms with Crippen LogP contribution in [-0.4, -0.2) is 74.0 Å². The Bertz CT molecular complexity index is 1420. The summed E-state index contributed by atoms with van der Waals surface area (Å²) in [4.78, 5) is 54.6. The van der Waals surface area contributed by atoms with Gasteiger partial charge in [0.05, 0.1) is 31.7 Å². The summed E-state index contributed by atoms with van der Waals surface area (Å²) >= 11 is 6.16. The van der Waals surface area contributed by atoms with Crippen LogP contribution in [-0.2, 0) is 32.1 Å². The van der Waals surface area contributed by atoms with Crippen LogP contribution in [0.5, 0.6) is 5.75 Å². The lowest BCUT2D eigenvalue weighted by Gasteiger charge is -2.26. The normalized spacial score (nSPS) is 18.0. The molecule has 0 bridgehead atoms. The third-order valence-electron chi connectivity index (χ3n) is 6.88. The molecule has 226 valence electrons. The highest BCUT2D eigenvalue weighted by atomic mass is 35.5. The van der Waals surface area contributed by atoms with Crippen molar-refractivity contribution >= 4 is 35.2 Å². The number of benzene rings is 3. The second kappa shape index (κ2) is 15.7. The fraction of sp³-hybridized carbons (Fsp3) is 0.312. The second-order valence-electron chi connectivity index (χ2n) is 10.1. The summed E-state index contributed by atoms with van der Waals surface area (Å²) in [5.41, 5.74) is 1.88. The second-order valence-corrected chi connectivity index (χ2v) is 10.5. The number of amides is 4. The average molecular weight is 607 g/mol. The van der Waals surface area contributed by atoms with Gasteiger partial charge in [0, 0.05) is 25.0 Å². The van der Waals surface area contributed by atoms with E-state index >= 15 is 0 Å². The maximum absolute atomic E-state index is 13.4. The molecular weight excluding hydrogens is 572 g/mol. The van der Waals surface area contributed by atoms with Gasteiger partial charge in [-0.05, 0) is 29.3 Å². The summed E-state index contributed by atoms with van der Waals surface area (Å²) in [6, 6.07) is 21.1. The molecule has 1 aliphatic heterocycles. The zero-order valence-corrected chi connectivity index (χ0v) is 24.6. The van der Waals surface area contributed by atoms with Gasteiger partial charge in [-0.25, -0.2) is 0 Å². The predicted octanol–water partition coefficient (Wildman–Crippen LogP) is 2.74. The maximum atomic E-state index is 13.4. The Morgan fingerprint density at radius 3 is 2.51 bits per heavy atom. The molecule has 0 aromatic heterocycles. The summed E-state index contributed by atoms with van der Waals surface area (Å²) < 4.78 is 11.5. The minimum atomic E-state index is -1.22. The third-order valence-corrected chi connectivity index (χ3v) is 7.25. The molecule has 0 saturated heterocycles. The number of nitrogens with zero attached hydrogens (tertiary/aromatic N) is 1. The van der Waals surface area contributed by atoms with Crippen molar-refractivity contribution in [3.63, 3.8) is 0 Å². The molecule has 4 amide bonds. The Morgan fingerprint density at radius 1 is 1.00 bits per heavy atom. The number of hydrogen-bond acceptors (Lipinski definition) is 6. The Morgan fingerprint density at radius 2 is 1.72 bits per heavy atom. The molecule has 2 atom stereocenters. The van der Waals surface area contributed by atoms with E-state index in [0.29, 0.717) is 10.8 Å². The fourth-order valence-electron chi connectivity index (χ4n) is 4.55. The van der Waals surface area contributed by atoms with Gasteiger partial charge >= 0.3 is 0 Å². The summed E-state index contributed by atoms with van der Waals surface area (Å²) in [5, 5.41) is 8.75. The van der Waals surface area contributed by atoms with Crippen LogP contribution in [0, 0.1) is 0 Å². The third kappa shape index (κ3) is 9.29. The zero-order valence-electron chi connectivity index (χ0n) is 23.9. The van der Waals surface area contributed by atoms with E-state index in [9.17, 15) is 19.2 Å². The molecule has 1 aliphatic rings. The minimum Gasteiger partial charge on any atom is -0.491 e. The van der Waals surface area contributed by atoms with Gasteiger partial charge in [0.1, 0.15) is 24.4 Å². The van der Waals surface area contributed by atoms with Crippen molar-refractivity contribution in [3.05, 3.63) is 101 Å². The van der Waals surface area contributed by atoms with E-state index < -0.39 is 29.8 Å². The van der Waals surface area contributed by atoms with Crippen LogP contribution in [0.25, 0.3) is 0 Å². The van der Waals surface area contributed by atoms with E-state index in [0.717, 1.165) is 11.1 Å². The number of nitrogens with one attached hydrogen (secondary N) is 3. The molecule has 3 aromatic rings. The van der Waals surface area contributed by atoms with Gasteiger partial charge in [-0.15, -0.1) is 0 Å². The fourth-order valence-corrected chi connectivity index (χ4v) is 4.74. The summed E-state index contributed by atoms with van der Waals surface area (Å²) in [6.45, 7) is 0.938. The van der Waals surface area contributed by atoms with Gasteiger partial charge in [-0.3, -0.25) is 19.2 Å². The van der Waals surface area contributed by atoms with Gasteiger partial charge in [-0.1, -0.05) is 72.3 Å². The van der Waals surface area contributed by atoms with Gasteiger partial charge in [0.2, 0.25) is 17.7 Å². The molecule has 0 spiro atoms. The van der Waals surface area contributed by atoms with Crippen molar-refractivity contribution in [1.82, 2.24) is 20.9 Å². The number of likely N-dealkylation sites (N-methyl/N-ethyl adjacent to an activating group) is 1. The first-order chi connectivity index (χ1) is 20.8. The van der Waals surface area contributed by atoms with Crippen LogP contribution in [0.1, 0.15) is 27.9 Å². The lowest BCUT2D eigenvalue weighted by atomic mass is 10.0. The van der Waals surface area contributed by atoms with E-state index in [1.807, 2.05) is 48.5 Å². The minimum absolute atomic E-state index is 0.122. The van der Waals surface area contributed by atoms with Gasteiger partial charge in [0.15, 0.2) is 0 Å². The van der Waals surface area contributed by atoms with E-state index in [2.05, 4.69) is 16.0 Å². The molecule has 0 aliphatic carbocycles. The summed E-state index contributed by atoms with van der Waals surface area (Å²) in [5.74, 6) is -1.69. The smallest absolute Gasteiger partial charge is 0.255 e. The van der Waals surface area contributed by atoms with Gasteiger partial charge in [-0.2, -0.15) is 0 Å². The molecule has 0 fully saturated rings. The Labute approximate surface area is 255 Å². The van der Waals surface area contributed by atoms with Crippen molar-refractivity contribution in [3.8, 4) is 5.75 Å². The first-order valence-electron chi connectivity index (χ1n) is 14.0. The van der Waals surface area contributed by atoms with Crippen molar-refractivity contribution in [2.45, 2.75) is 31.5 Å². The molecule has 43 heavy (non-hydrogen) atoms. The first-order valence-corrected chi connectivity index (χ1v) is 14.4. The number of hydrogen-bond donors (Lipinski definition) is 3. The lowest BCUT2D eigenvalue weighted by Crippen LogP contribution is -2.53. The molecule has 0 radical (unpaired) electrons. The number of para-hydroxylation sites is 1. The molecule has 11 heteroatoms. The van der Waals surface area contributed by atoms with Crippen LogP contribution < -0.4 is 20.7 Å². The van der Waals surface area contributed by atoms with Crippen molar-refractivity contribution in [2.24, 2.45) is 0 Å². The zero-order chi connectivity index (χ0) is 30.6. The number of halogens is 1. The van der Waals surface area contributed by atoms with E-state index in [1.54, 1.807) is 37.4 Å². The number of carbonyl (C=O) groups is 4. The average Bonchev–Trinajstić information content (AvgIpc) is 3.00. The van der Waals surface area contributed by atoms with Crippen LogP contribution in [0.15, 0.2) is 78.9 Å². The Kier molecular flexibility index (Phi) is 11.5. The van der Waals surface area contributed by atoms with Crippen LogP contribution >= 0.6 is 11.6 Å². The largest absolute Gasteiger partial charge is 0.491 e. The summed E-state index contributed by atoms with van der Waals surface area (Å²) in [6.07, 6.45) is -0.130. The van der Waals surface area contributed by atoms with E-state index in [1.165, 1.54) is 4.90 Å². The predicted molar refractivity (Wildman–Crippen MR) is 162 cm³/mol. The molecule has 1 heterocycles. The van der Waals surface area contributed by atoms with Gasteiger partial charge < -0.3 is 30.3 Å². The van der Waals surface area contributed by atoms with Crippen molar-refractivity contribution in [2.75, 3.05) is 33.4 Å². The number of fused-ring (bicyclic) bond motifs is 1. The maximum Gasteiger partial charge on any atom is 0.255 e. The Balaban J connectivity index is 1.48. The lowest BCUT2D eigenvalue weighted by molar-refractivity contribution is -0.136. The van der Waals surface area contributed by atoms with Crippen molar-refractivity contribution in [1.29, 1.82) is 0 Å². The number of rotatable bonds is 8. The van der Waals surface area contributed by atoms with Crippen LogP contribution in [0.4, 0.5) is 0 Å². The standard InChI is InChI=1S/C32H35ClN4O6/c1-37-16-18-43-28-14-8-6-12-24(28)30(39)36-26(31(40)34-15-17-42-21-23-11-5-7-13-25(23)33)20-29(38)35-27(32(37)41)19-22-9-3-2-4-10-22/h2-14,26-27H,15-21H2,1H3,(H,34,40)(H,35,38)(H,36,39)/t26-,27-/m0/s1. The quantitative estimate of drug-likeness (QED) is 0.339. The van der Waals surface area contributed by atoms with Gasteiger partial charge in [0.25, 0.3) is 5.91 Å². The highest BCUT2D eigenvalue weighted by Crippen LogP contribution is 2.19. The molecule has 0 unspecified atom stereocenters. The molecule has 0 saturated carbocycles. The summed E-state index contributed by atoms with van der Waals surface area (Å²) in [7, 11) is 1.63. The van der Waals surface area contributed by atoms with E-state index in [-0.39, 0.29) is 57.2 Å². The molecule has 3 aromatic carbocycles. The molecular formula is C32H35ClN4O6. The van der Waals surface area contributed by atoms with Crippen molar-refractivity contribution < 1.29 is 28.7 Å². The molecule has 10 nitrogen and oxygen atoms in total. The SMILES string of the molecule is CN1CCOc2ccccc2C(=O)N[C@H](C(=O)NCCOCc2ccccc2Cl)CC(=O)N[C@@H](Cc2ccccc2)C1=O. The highest BCUT2D eigenvalue weighted by Gasteiger charge is 2.30.